The topological polar surface area (TPSA) is 35.6 Å². The molecule has 2 rings (SSSR count). The lowest BCUT2D eigenvalue weighted by Crippen LogP contribution is -2.39. The number of carbonyl (C=O) groups is 1. The molecule has 2 unspecified atom stereocenters. The Morgan fingerprint density at radius 2 is 2.00 bits per heavy atom. The third-order valence-corrected chi connectivity index (χ3v) is 4.49. The van der Waals surface area contributed by atoms with E-state index in [1.165, 1.54) is 45.3 Å². The highest BCUT2D eigenvalue weighted by Crippen LogP contribution is 2.21. The molecule has 1 N–H and O–H groups in total. The third kappa shape index (κ3) is 4.18. The van der Waals surface area contributed by atoms with Gasteiger partial charge >= 0.3 is 0 Å². The van der Waals surface area contributed by atoms with E-state index in [4.69, 9.17) is 0 Å². The molecule has 19 heavy (non-hydrogen) atoms. The van der Waals surface area contributed by atoms with Crippen LogP contribution in [0, 0.1) is 11.8 Å². The molecule has 2 heterocycles. The van der Waals surface area contributed by atoms with E-state index < -0.39 is 0 Å². The summed E-state index contributed by atoms with van der Waals surface area (Å²) in [5.74, 6) is 1.14. The minimum atomic E-state index is 0.110. The van der Waals surface area contributed by atoms with Crippen molar-refractivity contribution in [3.63, 3.8) is 0 Å². The Bertz CT molecular complexity index is 289. The summed E-state index contributed by atoms with van der Waals surface area (Å²) < 4.78 is 0. The van der Waals surface area contributed by atoms with E-state index in [2.05, 4.69) is 15.1 Å². The standard InChI is InChI=1S/C15H29N3O/c1-13(10-16-2)15(19)18-9-6-14(12-18)11-17-7-4-3-5-8-17/h13-14,16H,3-12H2,1-2H3. The molecule has 0 saturated carbocycles. The maximum Gasteiger partial charge on any atom is 0.226 e. The maximum absolute atomic E-state index is 12.2. The Hall–Kier alpha value is -0.610. The van der Waals surface area contributed by atoms with Gasteiger partial charge in [-0.25, -0.2) is 0 Å². The van der Waals surface area contributed by atoms with Crippen LogP contribution in [0.25, 0.3) is 0 Å². The number of carbonyl (C=O) groups excluding carboxylic acids is 1. The molecular formula is C15H29N3O. The molecule has 0 aromatic heterocycles. The number of hydrogen-bond acceptors (Lipinski definition) is 3. The Kier molecular flexibility index (Phi) is 5.64. The van der Waals surface area contributed by atoms with Crippen LogP contribution in [0.1, 0.15) is 32.6 Å². The van der Waals surface area contributed by atoms with Crippen molar-refractivity contribution >= 4 is 5.91 Å². The van der Waals surface area contributed by atoms with Crippen molar-refractivity contribution in [3.8, 4) is 0 Å². The van der Waals surface area contributed by atoms with E-state index >= 15 is 0 Å². The van der Waals surface area contributed by atoms with E-state index in [9.17, 15) is 4.79 Å². The van der Waals surface area contributed by atoms with Gasteiger partial charge in [-0.3, -0.25) is 4.79 Å². The van der Waals surface area contributed by atoms with E-state index in [0.717, 1.165) is 19.6 Å². The van der Waals surface area contributed by atoms with Crippen LogP contribution >= 0.6 is 0 Å². The number of rotatable bonds is 5. The number of piperidine rings is 1. The summed E-state index contributed by atoms with van der Waals surface area (Å²) in [6.07, 6.45) is 5.30. The maximum atomic E-state index is 12.2. The van der Waals surface area contributed by atoms with Gasteiger partial charge in [-0.15, -0.1) is 0 Å². The Morgan fingerprint density at radius 3 is 2.68 bits per heavy atom. The summed E-state index contributed by atoms with van der Waals surface area (Å²) in [5.41, 5.74) is 0. The molecule has 0 spiro atoms. The van der Waals surface area contributed by atoms with Crippen LogP contribution in [0.3, 0.4) is 0 Å². The second-order valence-corrected chi connectivity index (χ2v) is 6.26. The van der Waals surface area contributed by atoms with Gasteiger partial charge in [-0.1, -0.05) is 13.3 Å². The Balaban J connectivity index is 1.74. The molecule has 0 radical (unpaired) electrons. The van der Waals surface area contributed by atoms with Gasteiger partial charge in [-0.2, -0.15) is 0 Å². The molecule has 0 aliphatic carbocycles. The predicted molar refractivity (Wildman–Crippen MR) is 78.1 cm³/mol. The van der Waals surface area contributed by atoms with E-state index in [1.807, 2.05) is 14.0 Å². The van der Waals surface area contributed by atoms with Crippen molar-refractivity contribution in [2.24, 2.45) is 11.8 Å². The van der Waals surface area contributed by atoms with Crippen LogP contribution in [-0.4, -0.2) is 62.0 Å². The first kappa shape index (κ1) is 14.8. The molecule has 2 saturated heterocycles. The number of likely N-dealkylation sites (tertiary alicyclic amines) is 2. The van der Waals surface area contributed by atoms with Gasteiger partial charge in [0.2, 0.25) is 5.91 Å². The minimum absolute atomic E-state index is 0.110. The first-order chi connectivity index (χ1) is 9.20. The fourth-order valence-corrected chi connectivity index (χ4v) is 3.39. The van der Waals surface area contributed by atoms with Crippen molar-refractivity contribution in [1.29, 1.82) is 0 Å². The summed E-state index contributed by atoms with van der Waals surface area (Å²) in [6, 6.07) is 0. The van der Waals surface area contributed by atoms with Crippen molar-refractivity contribution in [3.05, 3.63) is 0 Å². The second kappa shape index (κ2) is 7.25. The van der Waals surface area contributed by atoms with E-state index in [0.29, 0.717) is 11.8 Å². The lowest BCUT2D eigenvalue weighted by molar-refractivity contribution is -0.133. The monoisotopic (exact) mass is 267 g/mol. The van der Waals surface area contributed by atoms with Crippen molar-refractivity contribution < 1.29 is 4.79 Å². The molecule has 2 aliphatic heterocycles. The second-order valence-electron chi connectivity index (χ2n) is 6.26. The van der Waals surface area contributed by atoms with Gasteiger partial charge in [0.15, 0.2) is 0 Å². The van der Waals surface area contributed by atoms with Crippen molar-refractivity contribution in [2.75, 3.05) is 46.3 Å². The number of hydrogen-bond donors (Lipinski definition) is 1. The number of nitrogens with zero attached hydrogens (tertiary/aromatic N) is 2. The van der Waals surface area contributed by atoms with Gasteiger partial charge < -0.3 is 15.1 Å². The summed E-state index contributed by atoms with van der Waals surface area (Å²) in [5, 5.41) is 3.09. The van der Waals surface area contributed by atoms with Gasteiger partial charge in [0.25, 0.3) is 0 Å². The van der Waals surface area contributed by atoms with Gasteiger partial charge in [-0.05, 0) is 45.3 Å². The first-order valence-electron chi connectivity index (χ1n) is 7.86. The highest BCUT2D eigenvalue weighted by atomic mass is 16.2. The molecule has 0 aromatic rings. The van der Waals surface area contributed by atoms with Gasteiger partial charge in [0.1, 0.15) is 0 Å². The quantitative estimate of drug-likeness (QED) is 0.812. The average molecular weight is 267 g/mol. The van der Waals surface area contributed by atoms with Crippen LogP contribution in [0.15, 0.2) is 0 Å². The molecule has 110 valence electrons. The summed E-state index contributed by atoms with van der Waals surface area (Å²) in [6.45, 7) is 8.48. The molecule has 2 atom stereocenters. The van der Waals surface area contributed by atoms with Crippen LogP contribution in [0.2, 0.25) is 0 Å². The van der Waals surface area contributed by atoms with E-state index in [1.54, 1.807) is 0 Å². The molecular weight excluding hydrogens is 238 g/mol. The van der Waals surface area contributed by atoms with Crippen LogP contribution < -0.4 is 5.32 Å². The Labute approximate surface area is 117 Å². The van der Waals surface area contributed by atoms with Crippen molar-refractivity contribution in [1.82, 2.24) is 15.1 Å². The highest BCUT2D eigenvalue weighted by molar-refractivity contribution is 5.79. The lowest BCUT2D eigenvalue weighted by atomic mass is 10.1. The molecule has 2 fully saturated rings. The molecule has 1 amide bonds. The molecule has 2 aliphatic rings. The van der Waals surface area contributed by atoms with Crippen molar-refractivity contribution in [2.45, 2.75) is 32.6 Å². The zero-order valence-electron chi connectivity index (χ0n) is 12.5. The van der Waals surface area contributed by atoms with Gasteiger partial charge in [0, 0.05) is 32.1 Å². The van der Waals surface area contributed by atoms with Crippen LogP contribution in [-0.2, 0) is 4.79 Å². The largest absolute Gasteiger partial charge is 0.342 e. The fraction of sp³-hybridized carbons (Fsp3) is 0.933. The van der Waals surface area contributed by atoms with Gasteiger partial charge in [0.05, 0.1) is 0 Å². The smallest absolute Gasteiger partial charge is 0.226 e. The summed E-state index contributed by atoms with van der Waals surface area (Å²) >= 11 is 0. The molecule has 4 nitrogen and oxygen atoms in total. The average Bonchev–Trinajstić information content (AvgIpc) is 2.88. The fourth-order valence-electron chi connectivity index (χ4n) is 3.39. The summed E-state index contributed by atoms with van der Waals surface area (Å²) in [7, 11) is 1.91. The minimum Gasteiger partial charge on any atom is -0.342 e. The molecule has 0 bridgehead atoms. The Morgan fingerprint density at radius 1 is 1.26 bits per heavy atom. The normalized spacial score (nSPS) is 26.6. The SMILES string of the molecule is CNCC(C)C(=O)N1CCC(CN2CCCCC2)C1. The highest BCUT2D eigenvalue weighted by Gasteiger charge is 2.29. The lowest BCUT2D eigenvalue weighted by Gasteiger charge is -2.29. The number of amides is 1. The summed E-state index contributed by atoms with van der Waals surface area (Å²) in [4.78, 5) is 16.9. The number of nitrogens with one attached hydrogen (secondary N) is 1. The van der Waals surface area contributed by atoms with E-state index in [-0.39, 0.29) is 5.92 Å². The van der Waals surface area contributed by atoms with Crippen LogP contribution in [0.5, 0.6) is 0 Å². The molecule has 4 heteroatoms. The molecule has 0 aromatic carbocycles. The zero-order valence-corrected chi connectivity index (χ0v) is 12.5. The van der Waals surface area contributed by atoms with Crippen LogP contribution in [0.4, 0.5) is 0 Å². The zero-order chi connectivity index (χ0) is 13.7. The third-order valence-electron chi connectivity index (χ3n) is 4.49. The first-order valence-corrected chi connectivity index (χ1v) is 7.86. The predicted octanol–water partition coefficient (Wildman–Crippen LogP) is 1.18.